The van der Waals surface area contributed by atoms with E-state index in [4.69, 9.17) is 4.74 Å². The number of ether oxygens (including phenoxy) is 1. The number of aliphatic hydroxyl groups excluding tert-OH is 1. The summed E-state index contributed by atoms with van der Waals surface area (Å²) in [5, 5.41) is 9.25. The fourth-order valence-corrected chi connectivity index (χ4v) is 3.18. The Hall–Kier alpha value is -1.59. The Labute approximate surface area is 138 Å². The maximum atomic E-state index is 12.3. The molecule has 5 nitrogen and oxygen atoms in total. The quantitative estimate of drug-likeness (QED) is 0.875. The van der Waals surface area contributed by atoms with Crippen molar-refractivity contribution >= 4 is 6.09 Å². The van der Waals surface area contributed by atoms with Crippen LogP contribution in [0.25, 0.3) is 0 Å². The largest absolute Gasteiger partial charge is 0.445 e. The maximum Gasteiger partial charge on any atom is 0.410 e. The molecule has 1 N–H and O–H groups in total. The molecule has 0 unspecified atom stereocenters. The number of nitrogens with zero attached hydrogens (tertiary/aromatic N) is 2. The molecule has 0 aliphatic carbocycles. The van der Waals surface area contributed by atoms with Crippen LogP contribution in [0.4, 0.5) is 4.79 Å². The molecule has 1 fully saturated rings. The number of carbonyl (C=O) groups excluding carboxylic acids is 1. The second-order valence-electron chi connectivity index (χ2n) is 6.34. The van der Waals surface area contributed by atoms with Crippen LogP contribution in [0.1, 0.15) is 32.3 Å². The van der Waals surface area contributed by atoms with Gasteiger partial charge in [-0.25, -0.2) is 4.79 Å². The predicted octanol–water partition coefficient (Wildman–Crippen LogP) is 2.49. The molecule has 1 aromatic carbocycles. The van der Waals surface area contributed by atoms with Gasteiger partial charge in [0.25, 0.3) is 0 Å². The summed E-state index contributed by atoms with van der Waals surface area (Å²) < 4.78 is 5.44. The monoisotopic (exact) mass is 320 g/mol. The molecule has 2 rings (SSSR count). The van der Waals surface area contributed by atoms with E-state index in [0.29, 0.717) is 31.8 Å². The zero-order chi connectivity index (χ0) is 16.7. The van der Waals surface area contributed by atoms with E-state index in [2.05, 4.69) is 18.7 Å². The number of piperidine rings is 1. The van der Waals surface area contributed by atoms with Crippen molar-refractivity contribution in [2.45, 2.75) is 45.4 Å². The Morgan fingerprint density at radius 2 is 2.13 bits per heavy atom. The Morgan fingerprint density at radius 1 is 1.39 bits per heavy atom. The van der Waals surface area contributed by atoms with Gasteiger partial charge in [-0.3, -0.25) is 4.90 Å². The molecule has 128 valence electrons. The van der Waals surface area contributed by atoms with E-state index in [-0.39, 0.29) is 12.7 Å². The lowest BCUT2D eigenvalue weighted by atomic mass is 10.0. The highest BCUT2D eigenvalue weighted by Crippen LogP contribution is 2.19. The Kier molecular flexibility index (Phi) is 6.86. The summed E-state index contributed by atoms with van der Waals surface area (Å²) in [6.45, 7) is 6.78. The van der Waals surface area contributed by atoms with Crippen LogP contribution in [0.2, 0.25) is 0 Å². The minimum Gasteiger partial charge on any atom is -0.445 e. The van der Waals surface area contributed by atoms with E-state index in [0.717, 1.165) is 24.9 Å². The van der Waals surface area contributed by atoms with E-state index in [9.17, 15) is 9.90 Å². The highest BCUT2D eigenvalue weighted by molar-refractivity contribution is 5.67. The summed E-state index contributed by atoms with van der Waals surface area (Å²) in [7, 11) is 0. The number of hydrogen-bond donors (Lipinski definition) is 1. The van der Waals surface area contributed by atoms with Crippen molar-refractivity contribution in [3.63, 3.8) is 0 Å². The highest BCUT2D eigenvalue weighted by Gasteiger charge is 2.29. The van der Waals surface area contributed by atoms with Gasteiger partial charge in [-0.1, -0.05) is 30.3 Å². The molecule has 0 radical (unpaired) electrons. The third-order valence-electron chi connectivity index (χ3n) is 4.35. The summed E-state index contributed by atoms with van der Waals surface area (Å²) in [6, 6.07) is 10.4. The molecule has 1 amide bonds. The molecule has 1 aliphatic rings. The number of benzene rings is 1. The van der Waals surface area contributed by atoms with Crippen molar-refractivity contribution < 1.29 is 14.6 Å². The van der Waals surface area contributed by atoms with Gasteiger partial charge in [-0.2, -0.15) is 0 Å². The van der Waals surface area contributed by atoms with Crippen LogP contribution in [-0.4, -0.2) is 59.3 Å². The summed E-state index contributed by atoms with van der Waals surface area (Å²) in [5.74, 6) is 0. The zero-order valence-electron chi connectivity index (χ0n) is 14.1. The topological polar surface area (TPSA) is 53.0 Å². The van der Waals surface area contributed by atoms with E-state index >= 15 is 0 Å². The van der Waals surface area contributed by atoms with Gasteiger partial charge in [0.15, 0.2) is 0 Å². The van der Waals surface area contributed by atoms with E-state index in [1.54, 1.807) is 4.90 Å². The van der Waals surface area contributed by atoms with E-state index in [1.807, 2.05) is 30.3 Å². The van der Waals surface area contributed by atoms with Crippen molar-refractivity contribution in [3.05, 3.63) is 35.9 Å². The number of amides is 1. The van der Waals surface area contributed by atoms with Gasteiger partial charge in [-0.15, -0.1) is 0 Å². The number of hydrogen-bond acceptors (Lipinski definition) is 4. The van der Waals surface area contributed by atoms with Gasteiger partial charge >= 0.3 is 6.09 Å². The van der Waals surface area contributed by atoms with Crippen LogP contribution in [0.5, 0.6) is 0 Å². The first-order valence-electron chi connectivity index (χ1n) is 8.44. The van der Waals surface area contributed by atoms with Gasteiger partial charge < -0.3 is 14.7 Å². The molecule has 0 spiro atoms. The minimum absolute atomic E-state index is 0.146. The van der Waals surface area contributed by atoms with E-state index in [1.165, 1.54) is 0 Å². The first-order chi connectivity index (χ1) is 11.1. The lowest BCUT2D eigenvalue weighted by Crippen LogP contribution is -2.52. The first-order valence-corrected chi connectivity index (χ1v) is 8.44. The second kappa shape index (κ2) is 8.89. The molecule has 5 heteroatoms. The molecule has 0 aromatic heterocycles. The summed E-state index contributed by atoms with van der Waals surface area (Å²) in [5.41, 5.74) is 0.999. The molecule has 1 saturated heterocycles. The SMILES string of the molecule is CC(C)N(CCO)[C@@H]1CCCN(C(=O)OCc2ccccc2)C1. The van der Waals surface area contributed by atoms with Gasteiger partial charge in [0.2, 0.25) is 0 Å². The molecule has 1 heterocycles. The van der Waals surface area contributed by atoms with Crippen molar-refractivity contribution in [1.82, 2.24) is 9.80 Å². The van der Waals surface area contributed by atoms with E-state index < -0.39 is 0 Å². The molecular weight excluding hydrogens is 292 g/mol. The van der Waals surface area contributed by atoms with Crippen LogP contribution >= 0.6 is 0 Å². The molecule has 1 atom stereocenters. The summed E-state index contributed by atoms with van der Waals surface area (Å²) in [4.78, 5) is 16.4. The normalized spacial score (nSPS) is 18.5. The lowest BCUT2D eigenvalue weighted by molar-refractivity contribution is 0.0438. The van der Waals surface area contributed by atoms with Gasteiger partial charge in [-0.05, 0) is 32.3 Å². The van der Waals surface area contributed by atoms with Crippen LogP contribution in [0.15, 0.2) is 30.3 Å². The minimum atomic E-state index is -0.244. The average molecular weight is 320 g/mol. The molecule has 0 saturated carbocycles. The Bertz CT molecular complexity index is 478. The summed E-state index contributed by atoms with van der Waals surface area (Å²) >= 11 is 0. The van der Waals surface area contributed by atoms with Crippen LogP contribution in [0.3, 0.4) is 0 Å². The third-order valence-corrected chi connectivity index (χ3v) is 4.35. The number of rotatable bonds is 6. The molecule has 1 aromatic rings. The Balaban J connectivity index is 1.88. The van der Waals surface area contributed by atoms with Gasteiger partial charge in [0.05, 0.1) is 6.61 Å². The van der Waals surface area contributed by atoms with Crippen molar-refractivity contribution in [2.24, 2.45) is 0 Å². The molecule has 23 heavy (non-hydrogen) atoms. The standard InChI is InChI=1S/C18H28N2O3/c1-15(2)20(11-12-21)17-9-6-10-19(13-17)18(22)23-14-16-7-4-3-5-8-16/h3-5,7-8,15,17,21H,6,9-14H2,1-2H3/t17-/m1/s1. The highest BCUT2D eigenvalue weighted by atomic mass is 16.6. The fraction of sp³-hybridized carbons (Fsp3) is 0.611. The van der Waals surface area contributed by atoms with Crippen molar-refractivity contribution in [2.75, 3.05) is 26.2 Å². The molecular formula is C18H28N2O3. The maximum absolute atomic E-state index is 12.3. The van der Waals surface area contributed by atoms with Crippen LogP contribution in [0, 0.1) is 0 Å². The number of carbonyl (C=O) groups is 1. The zero-order valence-corrected chi connectivity index (χ0v) is 14.1. The lowest BCUT2D eigenvalue weighted by Gasteiger charge is -2.40. The Morgan fingerprint density at radius 3 is 2.78 bits per heavy atom. The van der Waals surface area contributed by atoms with Crippen LogP contribution in [-0.2, 0) is 11.3 Å². The third kappa shape index (κ3) is 5.22. The van der Waals surface area contributed by atoms with Crippen molar-refractivity contribution in [3.8, 4) is 0 Å². The second-order valence-corrected chi connectivity index (χ2v) is 6.34. The predicted molar refractivity (Wildman–Crippen MR) is 90.1 cm³/mol. The van der Waals surface area contributed by atoms with Crippen LogP contribution < -0.4 is 0 Å². The molecule has 1 aliphatic heterocycles. The average Bonchev–Trinajstić information content (AvgIpc) is 2.58. The fourth-order valence-electron chi connectivity index (χ4n) is 3.18. The number of likely N-dealkylation sites (tertiary alicyclic amines) is 1. The summed E-state index contributed by atoms with van der Waals surface area (Å²) in [6.07, 6.45) is 1.78. The van der Waals surface area contributed by atoms with Gasteiger partial charge in [0, 0.05) is 31.7 Å². The molecule has 0 bridgehead atoms. The van der Waals surface area contributed by atoms with Crippen molar-refractivity contribution in [1.29, 1.82) is 0 Å². The first kappa shape index (κ1) is 17.8. The number of aliphatic hydroxyl groups is 1. The smallest absolute Gasteiger partial charge is 0.410 e. The van der Waals surface area contributed by atoms with Gasteiger partial charge in [0.1, 0.15) is 6.61 Å².